The molecule has 3 aromatic carbocycles. The quantitative estimate of drug-likeness (QED) is 0.557. The lowest BCUT2D eigenvalue weighted by Crippen LogP contribution is -2.26. The van der Waals surface area contributed by atoms with Crippen LogP contribution in [0.5, 0.6) is 23.0 Å². The van der Waals surface area contributed by atoms with Gasteiger partial charge >= 0.3 is 0 Å². The third-order valence-electron chi connectivity index (χ3n) is 5.35. The van der Waals surface area contributed by atoms with Gasteiger partial charge in [0.2, 0.25) is 19.5 Å². The van der Waals surface area contributed by atoms with Gasteiger partial charge in [0.05, 0.1) is 5.92 Å². The Morgan fingerprint density at radius 3 is 2.29 bits per heavy atom. The first-order chi connectivity index (χ1) is 15.2. The summed E-state index contributed by atoms with van der Waals surface area (Å²) in [7, 11) is 0. The van der Waals surface area contributed by atoms with Crippen LogP contribution in [0.15, 0.2) is 60.7 Å². The minimum absolute atomic E-state index is 0.0736. The topological polar surface area (TPSA) is 66.0 Å². The highest BCUT2D eigenvalue weighted by atomic mass is 32.1. The van der Waals surface area contributed by atoms with Crippen LogP contribution in [-0.4, -0.2) is 25.2 Å². The van der Waals surface area contributed by atoms with E-state index < -0.39 is 0 Å². The number of hydrogen-bond donors (Lipinski definition) is 2. The number of benzene rings is 3. The number of amides is 1. The second-order valence-corrected chi connectivity index (χ2v) is 7.77. The summed E-state index contributed by atoms with van der Waals surface area (Å²) in [6.45, 7) is 0.471. The third kappa shape index (κ3) is 4.14. The molecule has 0 unspecified atom stereocenters. The summed E-state index contributed by atoms with van der Waals surface area (Å²) >= 11 is 4.41. The summed E-state index contributed by atoms with van der Waals surface area (Å²) < 4.78 is 21.6. The molecule has 2 aliphatic heterocycles. The lowest BCUT2D eigenvalue weighted by Gasteiger charge is -2.16. The molecular formula is C24H21NO5S. The monoisotopic (exact) mass is 435 g/mol. The van der Waals surface area contributed by atoms with E-state index in [9.17, 15) is 4.79 Å². The van der Waals surface area contributed by atoms with Gasteiger partial charge in [-0.25, -0.2) is 0 Å². The van der Waals surface area contributed by atoms with Gasteiger partial charge in [0.25, 0.3) is 0 Å². The van der Waals surface area contributed by atoms with Crippen molar-refractivity contribution in [2.24, 2.45) is 5.92 Å². The maximum absolute atomic E-state index is 12.9. The molecule has 0 fully saturated rings. The van der Waals surface area contributed by atoms with Crippen LogP contribution in [0.2, 0.25) is 0 Å². The summed E-state index contributed by atoms with van der Waals surface area (Å²) in [6.07, 6.45) is 0.563. The molecule has 0 bridgehead atoms. The van der Waals surface area contributed by atoms with Gasteiger partial charge in [-0.3, -0.25) is 4.79 Å². The summed E-state index contributed by atoms with van der Waals surface area (Å²) in [5.74, 6) is 3.00. The second-order valence-electron chi connectivity index (χ2n) is 7.41. The zero-order valence-electron chi connectivity index (χ0n) is 16.7. The van der Waals surface area contributed by atoms with Gasteiger partial charge in [0.15, 0.2) is 23.0 Å². The lowest BCUT2D eigenvalue weighted by molar-refractivity contribution is -0.119. The van der Waals surface area contributed by atoms with Gasteiger partial charge in [-0.2, -0.15) is 12.6 Å². The van der Waals surface area contributed by atoms with Crippen LogP contribution in [0, 0.1) is 5.92 Å². The molecule has 158 valence electrons. The zero-order chi connectivity index (χ0) is 21.2. The smallest absolute Gasteiger partial charge is 0.231 e. The molecular weight excluding hydrogens is 414 g/mol. The van der Waals surface area contributed by atoms with E-state index in [0.717, 1.165) is 39.6 Å². The third-order valence-corrected chi connectivity index (χ3v) is 5.79. The Bertz CT molecular complexity index is 1130. The molecule has 0 radical (unpaired) electrons. The fraction of sp³-hybridized carbons (Fsp3) is 0.208. The van der Waals surface area contributed by atoms with E-state index in [2.05, 4.69) is 17.9 Å². The van der Waals surface area contributed by atoms with Gasteiger partial charge in [-0.05, 0) is 59.5 Å². The lowest BCUT2D eigenvalue weighted by atomic mass is 9.99. The van der Waals surface area contributed by atoms with Crippen molar-refractivity contribution < 1.29 is 23.7 Å². The van der Waals surface area contributed by atoms with Crippen LogP contribution in [-0.2, 0) is 11.2 Å². The summed E-state index contributed by atoms with van der Waals surface area (Å²) in [6, 6.07) is 19.3. The highest BCUT2D eigenvalue weighted by Gasteiger charge is 2.20. The fourth-order valence-corrected chi connectivity index (χ4v) is 3.98. The number of rotatable bonds is 6. The maximum Gasteiger partial charge on any atom is 0.231 e. The number of ether oxygens (including phenoxy) is 4. The Labute approximate surface area is 185 Å². The van der Waals surface area contributed by atoms with Crippen LogP contribution in [0.4, 0.5) is 5.69 Å². The number of carbonyl (C=O) groups excluding carboxylic acids is 1. The summed E-state index contributed by atoms with van der Waals surface area (Å²) in [5, 5.41) is 3.03. The standard InChI is InChI=1S/C24H21NO5S/c26-24(18(12-31)8-15-4-6-20-22(9-15)29-13-27-20)25-19-3-1-2-16(10-19)17-5-7-21-23(11-17)30-14-28-21/h1-7,9-11,18,31H,8,12-14H2,(H,25,26)/t18-/m1/s1. The highest BCUT2D eigenvalue weighted by Crippen LogP contribution is 2.36. The molecule has 0 spiro atoms. The Hall–Kier alpha value is -3.32. The molecule has 1 N–H and O–H groups in total. The molecule has 7 heteroatoms. The number of thiol groups is 1. The van der Waals surface area contributed by atoms with E-state index in [1.807, 2.05) is 60.7 Å². The first-order valence-corrected chi connectivity index (χ1v) is 10.6. The SMILES string of the molecule is O=C(Nc1cccc(-c2ccc3c(c2)OCO3)c1)[C@@H](CS)Cc1ccc2c(c1)OCO2. The van der Waals surface area contributed by atoms with Crippen molar-refractivity contribution in [1.82, 2.24) is 0 Å². The largest absolute Gasteiger partial charge is 0.454 e. The van der Waals surface area contributed by atoms with E-state index in [-0.39, 0.29) is 25.4 Å². The molecule has 3 aromatic rings. The maximum atomic E-state index is 12.9. The first kappa shape index (κ1) is 19.6. The molecule has 1 atom stereocenters. The summed E-state index contributed by atoms with van der Waals surface area (Å²) in [4.78, 5) is 12.9. The first-order valence-electron chi connectivity index (χ1n) is 10.00. The number of carbonyl (C=O) groups is 1. The Morgan fingerprint density at radius 1 is 0.839 bits per heavy atom. The number of anilines is 1. The van der Waals surface area contributed by atoms with Crippen molar-refractivity contribution >= 4 is 24.2 Å². The van der Waals surface area contributed by atoms with Crippen molar-refractivity contribution in [2.45, 2.75) is 6.42 Å². The van der Waals surface area contributed by atoms with E-state index in [1.165, 1.54) is 0 Å². The predicted molar refractivity (Wildman–Crippen MR) is 120 cm³/mol. The van der Waals surface area contributed by atoms with Gasteiger partial charge in [0, 0.05) is 11.4 Å². The number of nitrogens with one attached hydrogen (secondary N) is 1. The van der Waals surface area contributed by atoms with Crippen molar-refractivity contribution in [2.75, 3.05) is 24.7 Å². The van der Waals surface area contributed by atoms with Crippen LogP contribution in [0.3, 0.4) is 0 Å². The van der Waals surface area contributed by atoms with E-state index in [0.29, 0.717) is 17.9 Å². The van der Waals surface area contributed by atoms with Crippen molar-refractivity contribution in [3.8, 4) is 34.1 Å². The molecule has 0 saturated heterocycles. The van der Waals surface area contributed by atoms with Crippen LogP contribution in [0.1, 0.15) is 5.56 Å². The summed E-state index contributed by atoms with van der Waals surface area (Å²) in [5.41, 5.74) is 3.71. The number of fused-ring (bicyclic) bond motifs is 2. The van der Waals surface area contributed by atoms with Gasteiger partial charge in [-0.1, -0.05) is 24.3 Å². The normalized spacial score (nSPS) is 14.4. The van der Waals surface area contributed by atoms with Gasteiger partial charge in [-0.15, -0.1) is 0 Å². The van der Waals surface area contributed by atoms with Gasteiger partial charge < -0.3 is 24.3 Å². The zero-order valence-corrected chi connectivity index (χ0v) is 17.6. The molecule has 2 aliphatic rings. The molecule has 2 heterocycles. The minimum atomic E-state index is -0.280. The van der Waals surface area contributed by atoms with Crippen LogP contribution in [0.25, 0.3) is 11.1 Å². The highest BCUT2D eigenvalue weighted by molar-refractivity contribution is 7.80. The van der Waals surface area contributed by atoms with Crippen molar-refractivity contribution in [1.29, 1.82) is 0 Å². The average Bonchev–Trinajstić information content (AvgIpc) is 3.45. The number of hydrogen-bond acceptors (Lipinski definition) is 6. The van der Waals surface area contributed by atoms with Crippen LogP contribution < -0.4 is 24.3 Å². The van der Waals surface area contributed by atoms with E-state index >= 15 is 0 Å². The molecule has 0 saturated carbocycles. The van der Waals surface area contributed by atoms with Crippen molar-refractivity contribution in [3.05, 3.63) is 66.2 Å². The van der Waals surface area contributed by atoms with Crippen molar-refractivity contribution in [3.63, 3.8) is 0 Å². The molecule has 0 aliphatic carbocycles. The predicted octanol–water partition coefficient (Wildman–Crippen LogP) is 4.54. The minimum Gasteiger partial charge on any atom is -0.454 e. The molecule has 31 heavy (non-hydrogen) atoms. The molecule has 5 rings (SSSR count). The van der Waals surface area contributed by atoms with Gasteiger partial charge in [0.1, 0.15) is 0 Å². The molecule has 0 aromatic heterocycles. The fourth-order valence-electron chi connectivity index (χ4n) is 3.69. The Morgan fingerprint density at radius 2 is 1.52 bits per heavy atom. The average molecular weight is 436 g/mol. The van der Waals surface area contributed by atoms with E-state index in [1.54, 1.807) is 0 Å². The Balaban J connectivity index is 1.29. The second kappa shape index (κ2) is 8.43. The van der Waals surface area contributed by atoms with E-state index in [4.69, 9.17) is 18.9 Å². The molecule has 1 amide bonds. The molecule has 6 nitrogen and oxygen atoms in total. The Kier molecular flexibility index (Phi) is 5.34. The van der Waals surface area contributed by atoms with Crippen LogP contribution >= 0.6 is 12.6 Å².